The van der Waals surface area contributed by atoms with Crippen LogP contribution in [-0.2, 0) is 10.0 Å². The minimum atomic E-state index is -3.90. The standard InChI is InChI=1S/C16H19NO6S/c1-20-12-5-6-15(23-4)16(10-12)24(18,19)17-11-7-13(21-2)9-14(8-11)22-3/h5-10,17H,1-4H3. The molecule has 0 heterocycles. The molecule has 2 aromatic rings. The van der Waals surface area contributed by atoms with Crippen molar-refractivity contribution >= 4 is 15.7 Å². The van der Waals surface area contributed by atoms with Gasteiger partial charge in [0.25, 0.3) is 10.0 Å². The summed E-state index contributed by atoms with van der Waals surface area (Å²) in [4.78, 5) is -0.0360. The van der Waals surface area contributed by atoms with E-state index in [4.69, 9.17) is 18.9 Å². The van der Waals surface area contributed by atoms with Crippen LogP contribution in [0.1, 0.15) is 0 Å². The van der Waals surface area contributed by atoms with Gasteiger partial charge in [0.1, 0.15) is 27.9 Å². The van der Waals surface area contributed by atoms with Gasteiger partial charge in [-0.1, -0.05) is 0 Å². The van der Waals surface area contributed by atoms with Gasteiger partial charge in [0, 0.05) is 24.3 Å². The lowest BCUT2D eigenvalue weighted by molar-refractivity contribution is 0.392. The Hall–Kier alpha value is -2.61. The monoisotopic (exact) mass is 353 g/mol. The van der Waals surface area contributed by atoms with Gasteiger partial charge in [-0.25, -0.2) is 8.42 Å². The van der Waals surface area contributed by atoms with E-state index in [0.717, 1.165) is 0 Å². The van der Waals surface area contributed by atoms with Crippen LogP contribution in [-0.4, -0.2) is 36.9 Å². The molecule has 1 N–H and O–H groups in total. The summed E-state index contributed by atoms with van der Waals surface area (Å²) in [5.41, 5.74) is 0.302. The van der Waals surface area contributed by atoms with Crippen molar-refractivity contribution < 1.29 is 27.4 Å². The number of hydrogen-bond acceptors (Lipinski definition) is 6. The predicted molar refractivity (Wildman–Crippen MR) is 89.9 cm³/mol. The van der Waals surface area contributed by atoms with Gasteiger partial charge in [-0.05, 0) is 12.1 Å². The van der Waals surface area contributed by atoms with Crippen LogP contribution in [0.5, 0.6) is 23.0 Å². The minimum absolute atomic E-state index is 0.0360. The molecule has 0 saturated carbocycles. The fraction of sp³-hybridized carbons (Fsp3) is 0.250. The van der Waals surface area contributed by atoms with Crippen LogP contribution < -0.4 is 23.7 Å². The maximum absolute atomic E-state index is 12.7. The Labute approximate surface area is 141 Å². The lowest BCUT2D eigenvalue weighted by Gasteiger charge is -2.14. The van der Waals surface area contributed by atoms with Crippen molar-refractivity contribution in [2.45, 2.75) is 4.90 Å². The molecular weight excluding hydrogens is 334 g/mol. The van der Waals surface area contributed by atoms with E-state index in [1.165, 1.54) is 40.6 Å². The highest BCUT2D eigenvalue weighted by molar-refractivity contribution is 7.92. The molecule has 0 fully saturated rings. The molecule has 0 unspecified atom stereocenters. The second-order valence-corrected chi connectivity index (χ2v) is 6.37. The molecule has 2 aromatic carbocycles. The zero-order valence-corrected chi connectivity index (χ0v) is 14.6. The SMILES string of the molecule is COc1cc(NS(=O)(=O)c2cc(OC)ccc2OC)cc(OC)c1. The predicted octanol–water partition coefficient (Wildman–Crippen LogP) is 2.52. The number of anilines is 1. The molecule has 0 aromatic heterocycles. The van der Waals surface area contributed by atoms with Gasteiger partial charge in [-0.2, -0.15) is 0 Å². The number of benzene rings is 2. The number of hydrogen-bond donors (Lipinski definition) is 1. The first-order valence-corrected chi connectivity index (χ1v) is 8.39. The molecule has 0 aliphatic rings. The normalized spacial score (nSPS) is 10.8. The summed E-state index contributed by atoms with van der Waals surface area (Å²) in [5, 5.41) is 0. The lowest BCUT2D eigenvalue weighted by Crippen LogP contribution is -2.14. The van der Waals surface area contributed by atoms with Gasteiger partial charge in [-0.3, -0.25) is 4.72 Å². The van der Waals surface area contributed by atoms with E-state index in [2.05, 4.69) is 4.72 Å². The zero-order valence-electron chi connectivity index (χ0n) is 13.8. The van der Waals surface area contributed by atoms with Gasteiger partial charge in [0.2, 0.25) is 0 Å². The van der Waals surface area contributed by atoms with E-state index in [1.807, 2.05) is 0 Å². The average Bonchev–Trinajstić information content (AvgIpc) is 2.60. The number of rotatable bonds is 7. The summed E-state index contributed by atoms with van der Waals surface area (Å²) < 4.78 is 48.4. The Morgan fingerprint density at radius 2 is 1.33 bits per heavy atom. The van der Waals surface area contributed by atoms with Gasteiger partial charge in [0.15, 0.2) is 0 Å². The molecule has 7 nitrogen and oxygen atoms in total. The topological polar surface area (TPSA) is 83.1 Å². The van der Waals surface area contributed by atoms with Crippen molar-refractivity contribution in [1.29, 1.82) is 0 Å². The fourth-order valence-electron chi connectivity index (χ4n) is 2.07. The largest absolute Gasteiger partial charge is 0.497 e. The number of ether oxygens (including phenoxy) is 4. The number of sulfonamides is 1. The van der Waals surface area contributed by atoms with Gasteiger partial charge in [0.05, 0.1) is 34.1 Å². The number of methoxy groups -OCH3 is 4. The fourth-order valence-corrected chi connectivity index (χ4v) is 3.30. The lowest BCUT2D eigenvalue weighted by atomic mass is 10.3. The van der Waals surface area contributed by atoms with Gasteiger partial charge < -0.3 is 18.9 Å². The first-order chi connectivity index (χ1) is 11.4. The molecule has 130 valence electrons. The third-order valence-electron chi connectivity index (χ3n) is 3.26. The molecule has 2 rings (SSSR count). The van der Waals surface area contributed by atoms with Gasteiger partial charge in [-0.15, -0.1) is 0 Å². The van der Waals surface area contributed by atoms with Crippen LogP contribution in [0.15, 0.2) is 41.3 Å². The van der Waals surface area contributed by atoms with Gasteiger partial charge >= 0.3 is 0 Å². The molecule has 0 saturated heterocycles. The Bertz CT molecular complexity index is 797. The highest BCUT2D eigenvalue weighted by atomic mass is 32.2. The van der Waals surface area contributed by atoms with Crippen molar-refractivity contribution in [3.63, 3.8) is 0 Å². The summed E-state index contributed by atoms with van der Waals surface area (Å²) in [7, 11) is 1.92. The first kappa shape index (κ1) is 17.7. The van der Waals surface area contributed by atoms with Crippen molar-refractivity contribution in [2.24, 2.45) is 0 Å². The maximum atomic E-state index is 12.7. The molecule has 8 heteroatoms. The third-order valence-corrected chi connectivity index (χ3v) is 4.67. The molecule has 0 spiro atoms. The molecule has 0 radical (unpaired) electrons. The third kappa shape index (κ3) is 3.83. The Kier molecular flexibility index (Phi) is 5.40. The summed E-state index contributed by atoms with van der Waals surface area (Å²) in [5.74, 6) is 1.53. The van der Waals surface area contributed by atoms with Crippen LogP contribution in [0.25, 0.3) is 0 Å². The molecule has 24 heavy (non-hydrogen) atoms. The van der Waals surface area contributed by atoms with Crippen LogP contribution in [0.4, 0.5) is 5.69 Å². The average molecular weight is 353 g/mol. The summed E-state index contributed by atoms with van der Waals surface area (Å²) in [6.07, 6.45) is 0. The second-order valence-electron chi connectivity index (χ2n) is 4.72. The minimum Gasteiger partial charge on any atom is -0.497 e. The summed E-state index contributed by atoms with van der Waals surface area (Å²) in [6, 6.07) is 9.27. The van der Waals surface area contributed by atoms with Crippen molar-refractivity contribution in [1.82, 2.24) is 0 Å². The molecular formula is C16H19NO6S. The van der Waals surface area contributed by atoms with E-state index in [0.29, 0.717) is 22.9 Å². The highest BCUT2D eigenvalue weighted by Gasteiger charge is 2.21. The van der Waals surface area contributed by atoms with E-state index < -0.39 is 10.0 Å². The summed E-state index contributed by atoms with van der Waals surface area (Å²) >= 11 is 0. The van der Waals surface area contributed by atoms with E-state index >= 15 is 0 Å². The van der Waals surface area contributed by atoms with Crippen molar-refractivity contribution in [3.8, 4) is 23.0 Å². The van der Waals surface area contributed by atoms with E-state index in [-0.39, 0.29) is 10.6 Å². The van der Waals surface area contributed by atoms with E-state index in [9.17, 15) is 8.42 Å². The van der Waals surface area contributed by atoms with Crippen LogP contribution in [0.3, 0.4) is 0 Å². The quantitative estimate of drug-likeness (QED) is 0.823. The Morgan fingerprint density at radius 3 is 1.83 bits per heavy atom. The molecule has 0 aliphatic carbocycles. The van der Waals surface area contributed by atoms with Crippen LogP contribution in [0, 0.1) is 0 Å². The summed E-state index contributed by atoms with van der Waals surface area (Å²) in [6.45, 7) is 0. The Morgan fingerprint density at radius 1 is 0.750 bits per heavy atom. The molecule has 0 aliphatic heterocycles. The number of nitrogens with one attached hydrogen (secondary N) is 1. The second kappa shape index (κ2) is 7.31. The van der Waals surface area contributed by atoms with Crippen LogP contribution >= 0.6 is 0 Å². The van der Waals surface area contributed by atoms with E-state index in [1.54, 1.807) is 24.3 Å². The first-order valence-electron chi connectivity index (χ1n) is 6.91. The Balaban J connectivity index is 2.45. The zero-order chi connectivity index (χ0) is 17.7. The smallest absolute Gasteiger partial charge is 0.265 e. The molecule has 0 bridgehead atoms. The maximum Gasteiger partial charge on any atom is 0.265 e. The molecule has 0 atom stereocenters. The molecule has 0 amide bonds. The van der Waals surface area contributed by atoms with Crippen molar-refractivity contribution in [3.05, 3.63) is 36.4 Å². The van der Waals surface area contributed by atoms with Crippen molar-refractivity contribution in [2.75, 3.05) is 33.2 Å². The highest BCUT2D eigenvalue weighted by Crippen LogP contribution is 2.32. The van der Waals surface area contributed by atoms with Crippen LogP contribution in [0.2, 0.25) is 0 Å².